The zero-order chi connectivity index (χ0) is 13.0. The Morgan fingerprint density at radius 2 is 2.22 bits per heavy atom. The number of aromatic nitrogens is 3. The molecule has 0 bridgehead atoms. The molecule has 0 aliphatic heterocycles. The molecule has 0 spiro atoms. The molecule has 1 aromatic heterocycles. The first-order valence-electron chi connectivity index (χ1n) is 6.83. The molecule has 0 aromatic carbocycles. The van der Waals surface area contributed by atoms with Crippen LogP contribution in [0.15, 0.2) is 0 Å². The minimum atomic E-state index is -0.119. The molecule has 1 saturated carbocycles. The van der Waals surface area contributed by atoms with Crippen molar-refractivity contribution in [3.63, 3.8) is 0 Å². The van der Waals surface area contributed by atoms with E-state index in [0.29, 0.717) is 12.2 Å². The second kappa shape index (κ2) is 5.98. The van der Waals surface area contributed by atoms with Crippen LogP contribution >= 0.6 is 0 Å². The van der Waals surface area contributed by atoms with Crippen molar-refractivity contribution in [1.82, 2.24) is 20.5 Å². The van der Waals surface area contributed by atoms with Crippen molar-refractivity contribution in [2.45, 2.75) is 58.4 Å². The van der Waals surface area contributed by atoms with Crippen LogP contribution in [0.2, 0.25) is 0 Å². The van der Waals surface area contributed by atoms with E-state index in [2.05, 4.69) is 20.5 Å². The minimum Gasteiger partial charge on any atom is -0.346 e. The molecule has 0 saturated heterocycles. The third-order valence-corrected chi connectivity index (χ3v) is 3.63. The van der Waals surface area contributed by atoms with Crippen molar-refractivity contribution in [2.75, 3.05) is 0 Å². The number of aromatic amines is 1. The highest BCUT2D eigenvalue weighted by molar-refractivity contribution is 5.76. The van der Waals surface area contributed by atoms with Gasteiger partial charge in [-0.3, -0.25) is 9.89 Å². The van der Waals surface area contributed by atoms with Gasteiger partial charge < -0.3 is 5.32 Å². The number of hydrogen-bond donors (Lipinski definition) is 2. The van der Waals surface area contributed by atoms with E-state index in [9.17, 15) is 4.79 Å². The van der Waals surface area contributed by atoms with Gasteiger partial charge in [0.05, 0.1) is 6.04 Å². The van der Waals surface area contributed by atoms with Crippen molar-refractivity contribution in [3.8, 4) is 0 Å². The summed E-state index contributed by atoms with van der Waals surface area (Å²) in [5.41, 5.74) is 0. The summed E-state index contributed by atoms with van der Waals surface area (Å²) < 4.78 is 0. The number of carbonyl (C=O) groups is 1. The van der Waals surface area contributed by atoms with Crippen molar-refractivity contribution < 1.29 is 4.79 Å². The smallest absolute Gasteiger partial charge is 0.220 e. The van der Waals surface area contributed by atoms with Gasteiger partial charge in [-0.25, -0.2) is 4.98 Å². The van der Waals surface area contributed by atoms with E-state index in [1.165, 1.54) is 25.7 Å². The second-order valence-corrected chi connectivity index (χ2v) is 5.26. The first-order chi connectivity index (χ1) is 8.65. The number of rotatable bonds is 5. The molecule has 1 fully saturated rings. The standard InChI is InChI=1S/C13H22N4O/c1-9(13-15-10(2)16-17-13)14-12(18)8-7-11-5-3-4-6-11/h9,11H,3-8H2,1-2H3,(H,14,18)(H,15,16,17)/t9-/m0/s1. The zero-order valence-electron chi connectivity index (χ0n) is 11.2. The average Bonchev–Trinajstić information content (AvgIpc) is 2.97. The molecule has 1 aliphatic rings. The van der Waals surface area contributed by atoms with Gasteiger partial charge in [0.15, 0.2) is 5.82 Å². The van der Waals surface area contributed by atoms with E-state index in [1.807, 2.05) is 13.8 Å². The monoisotopic (exact) mass is 250 g/mol. The molecular weight excluding hydrogens is 228 g/mol. The van der Waals surface area contributed by atoms with Crippen molar-refractivity contribution in [1.29, 1.82) is 0 Å². The molecule has 5 heteroatoms. The van der Waals surface area contributed by atoms with E-state index < -0.39 is 0 Å². The molecular formula is C13H22N4O. The Bertz CT molecular complexity index is 395. The number of nitrogens with one attached hydrogen (secondary N) is 2. The molecule has 1 aliphatic carbocycles. The lowest BCUT2D eigenvalue weighted by Gasteiger charge is -2.12. The van der Waals surface area contributed by atoms with Crippen LogP contribution in [0.1, 0.15) is 63.1 Å². The van der Waals surface area contributed by atoms with Gasteiger partial charge >= 0.3 is 0 Å². The van der Waals surface area contributed by atoms with Gasteiger partial charge in [0.1, 0.15) is 5.82 Å². The van der Waals surface area contributed by atoms with Gasteiger partial charge in [-0.1, -0.05) is 25.7 Å². The molecule has 100 valence electrons. The summed E-state index contributed by atoms with van der Waals surface area (Å²) in [5.74, 6) is 2.30. The van der Waals surface area contributed by atoms with Crippen LogP contribution in [-0.2, 0) is 4.79 Å². The van der Waals surface area contributed by atoms with Crippen molar-refractivity contribution in [3.05, 3.63) is 11.6 Å². The average molecular weight is 250 g/mol. The SMILES string of the molecule is Cc1nc([C@H](C)NC(=O)CCC2CCCC2)n[nH]1. The topological polar surface area (TPSA) is 70.7 Å². The normalized spacial score (nSPS) is 17.9. The van der Waals surface area contributed by atoms with Crippen LogP contribution in [0.5, 0.6) is 0 Å². The second-order valence-electron chi connectivity index (χ2n) is 5.26. The fourth-order valence-corrected chi connectivity index (χ4v) is 2.57. The van der Waals surface area contributed by atoms with Gasteiger partial charge in [-0.05, 0) is 26.2 Å². The molecule has 2 rings (SSSR count). The summed E-state index contributed by atoms with van der Waals surface area (Å²) >= 11 is 0. The summed E-state index contributed by atoms with van der Waals surface area (Å²) in [6, 6.07) is -0.119. The number of hydrogen-bond acceptors (Lipinski definition) is 3. The number of aryl methyl sites for hydroxylation is 1. The molecule has 18 heavy (non-hydrogen) atoms. The van der Waals surface area contributed by atoms with Gasteiger partial charge in [0.25, 0.3) is 0 Å². The van der Waals surface area contributed by atoms with E-state index in [1.54, 1.807) is 0 Å². The maximum atomic E-state index is 11.8. The quantitative estimate of drug-likeness (QED) is 0.842. The van der Waals surface area contributed by atoms with Crippen LogP contribution in [0.4, 0.5) is 0 Å². The Morgan fingerprint density at radius 1 is 1.50 bits per heavy atom. The lowest BCUT2D eigenvalue weighted by atomic mass is 10.0. The fraction of sp³-hybridized carbons (Fsp3) is 0.769. The Morgan fingerprint density at radius 3 is 2.83 bits per heavy atom. The molecule has 1 atom stereocenters. The van der Waals surface area contributed by atoms with Crippen molar-refractivity contribution in [2.24, 2.45) is 5.92 Å². The number of carbonyl (C=O) groups excluding carboxylic acids is 1. The predicted molar refractivity (Wildman–Crippen MR) is 68.9 cm³/mol. The van der Waals surface area contributed by atoms with Gasteiger partial charge in [-0.15, -0.1) is 0 Å². The third-order valence-electron chi connectivity index (χ3n) is 3.63. The van der Waals surface area contributed by atoms with Crippen LogP contribution in [-0.4, -0.2) is 21.1 Å². The predicted octanol–water partition coefficient (Wildman–Crippen LogP) is 2.26. The van der Waals surface area contributed by atoms with Crippen molar-refractivity contribution >= 4 is 5.91 Å². The van der Waals surface area contributed by atoms with E-state index >= 15 is 0 Å². The molecule has 5 nitrogen and oxygen atoms in total. The first-order valence-corrected chi connectivity index (χ1v) is 6.83. The maximum absolute atomic E-state index is 11.8. The number of nitrogens with zero attached hydrogens (tertiary/aromatic N) is 2. The molecule has 2 N–H and O–H groups in total. The lowest BCUT2D eigenvalue weighted by Crippen LogP contribution is -2.27. The third kappa shape index (κ3) is 3.55. The highest BCUT2D eigenvalue weighted by Crippen LogP contribution is 2.28. The molecule has 1 amide bonds. The number of amides is 1. The highest BCUT2D eigenvalue weighted by Gasteiger charge is 2.18. The van der Waals surface area contributed by atoms with Crippen LogP contribution in [0.25, 0.3) is 0 Å². The molecule has 0 unspecified atom stereocenters. The van der Waals surface area contributed by atoms with Gasteiger partial charge in [0.2, 0.25) is 5.91 Å². The number of H-pyrrole nitrogens is 1. The molecule has 1 aromatic rings. The Kier molecular flexibility index (Phi) is 4.33. The Hall–Kier alpha value is -1.39. The minimum absolute atomic E-state index is 0.108. The van der Waals surface area contributed by atoms with Gasteiger partial charge in [-0.2, -0.15) is 5.10 Å². The largest absolute Gasteiger partial charge is 0.346 e. The summed E-state index contributed by atoms with van der Waals surface area (Å²) in [7, 11) is 0. The van der Waals surface area contributed by atoms with Crippen LogP contribution < -0.4 is 5.32 Å². The summed E-state index contributed by atoms with van der Waals surface area (Å²) in [6.07, 6.45) is 6.90. The van der Waals surface area contributed by atoms with Crippen LogP contribution in [0, 0.1) is 12.8 Å². The summed E-state index contributed by atoms with van der Waals surface area (Å²) in [5, 5.41) is 9.79. The van der Waals surface area contributed by atoms with Crippen LogP contribution in [0.3, 0.4) is 0 Å². The fourth-order valence-electron chi connectivity index (χ4n) is 2.57. The van der Waals surface area contributed by atoms with E-state index in [0.717, 1.165) is 18.2 Å². The molecule has 0 radical (unpaired) electrons. The van der Waals surface area contributed by atoms with E-state index in [4.69, 9.17) is 0 Å². The maximum Gasteiger partial charge on any atom is 0.220 e. The summed E-state index contributed by atoms with van der Waals surface area (Å²) in [4.78, 5) is 16.0. The highest BCUT2D eigenvalue weighted by atomic mass is 16.1. The molecule has 1 heterocycles. The van der Waals surface area contributed by atoms with Gasteiger partial charge in [0, 0.05) is 6.42 Å². The lowest BCUT2D eigenvalue weighted by molar-refractivity contribution is -0.122. The first kappa shape index (κ1) is 13.1. The summed E-state index contributed by atoms with van der Waals surface area (Å²) in [6.45, 7) is 3.77. The Labute approximate surface area is 108 Å². The Balaban J connectivity index is 1.73. The van der Waals surface area contributed by atoms with E-state index in [-0.39, 0.29) is 11.9 Å². The zero-order valence-corrected chi connectivity index (χ0v) is 11.2.